The fourth-order valence-corrected chi connectivity index (χ4v) is 3.26. The van der Waals surface area contributed by atoms with Crippen molar-refractivity contribution in [3.8, 4) is 0 Å². The summed E-state index contributed by atoms with van der Waals surface area (Å²) in [5.74, 6) is 0.752. The molecule has 1 aromatic heterocycles. The lowest BCUT2D eigenvalue weighted by atomic mass is 9.97. The fourth-order valence-electron chi connectivity index (χ4n) is 3.26. The Balaban J connectivity index is 1.92. The first kappa shape index (κ1) is 10.2. The molecule has 1 heterocycles. The first-order valence-corrected chi connectivity index (χ1v) is 6.83. The molecule has 18 heavy (non-hydrogen) atoms. The maximum absolute atomic E-state index is 5.95. The van der Waals surface area contributed by atoms with Crippen LogP contribution >= 0.6 is 0 Å². The molecule has 0 atom stereocenters. The number of para-hydroxylation sites is 1. The van der Waals surface area contributed by atoms with E-state index < -0.39 is 0 Å². The van der Waals surface area contributed by atoms with Crippen LogP contribution in [0.1, 0.15) is 37.2 Å². The van der Waals surface area contributed by atoms with Gasteiger partial charge in [0.05, 0.1) is 0 Å². The molecule has 90 valence electrons. The van der Waals surface area contributed by atoms with E-state index in [0.717, 1.165) is 17.1 Å². The largest absolute Gasteiger partial charge is 0.456 e. The molecule has 0 saturated heterocycles. The quantitative estimate of drug-likeness (QED) is 0.563. The van der Waals surface area contributed by atoms with Gasteiger partial charge in [-0.3, -0.25) is 0 Å². The maximum atomic E-state index is 5.95. The molecule has 0 spiro atoms. The highest BCUT2D eigenvalue weighted by Gasteiger charge is 2.18. The molecule has 0 amide bonds. The number of fused-ring (bicyclic) bond motifs is 3. The standard InChI is InChI=1S/C17H16O/c1-2-6-12(5-1)13-9-10-15-14-7-3-4-8-16(14)18-17(15)11-13/h3-4,7-12H,1-2,5-6H2. The number of benzene rings is 2. The third kappa shape index (κ3) is 1.47. The lowest BCUT2D eigenvalue weighted by Gasteiger charge is -2.08. The van der Waals surface area contributed by atoms with Crippen molar-refractivity contribution in [2.75, 3.05) is 0 Å². The molecule has 0 radical (unpaired) electrons. The van der Waals surface area contributed by atoms with Gasteiger partial charge >= 0.3 is 0 Å². The van der Waals surface area contributed by atoms with Crippen molar-refractivity contribution in [3.05, 3.63) is 48.0 Å². The lowest BCUT2D eigenvalue weighted by Crippen LogP contribution is -1.90. The zero-order chi connectivity index (χ0) is 11.9. The molecule has 0 bridgehead atoms. The molecule has 1 saturated carbocycles. The third-order valence-corrected chi connectivity index (χ3v) is 4.23. The molecule has 4 rings (SSSR count). The predicted molar refractivity (Wildman–Crippen MR) is 74.9 cm³/mol. The van der Waals surface area contributed by atoms with Gasteiger partial charge in [-0.05, 0) is 36.5 Å². The van der Waals surface area contributed by atoms with E-state index in [1.165, 1.54) is 42.0 Å². The Morgan fingerprint density at radius 1 is 0.833 bits per heavy atom. The molecule has 0 aliphatic heterocycles. The minimum Gasteiger partial charge on any atom is -0.456 e. The zero-order valence-corrected chi connectivity index (χ0v) is 10.4. The number of rotatable bonds is 1. The SMILES string of the molecule is c1ccc2c(c1)oc1cc(C3CCCC3)ccc12. The Labute approximate surface area is 106 Å². The third-order valence-electron chi connectivity index (χ3n) is 4.23. The van der Waals surface area contributed by atoms with E-state index >= 15 is 0 Å². The van der Waals surface area contributed by atoms with Crippen LogP contribution in [0.3, 0.4) is 0 Å². The first-order valence-electron chi connectivity index (χ1n) is 6.83. The average molecular weight is 236 g/mol. The van der Waals surface area contributed by atoms with Crippen molar-refractivity contribution in [2.24, 2.45) is 0 Å². The topological polar surface area (TPSA) is 13.1 Å². The van der Waals surface area contributed by atoms with Crippen LogP contribution < -0.4 is 0 Å². The zero-order valence-electron chi connectivity index (χ0n) is 10.4. The number of hydrogen-bond donors (Lipinski definition) is 0. The highest BCUT2D eigenvalue weighted by Crippen LogP contribution is 2.37. The van der Waals surface area contributed by atoms with Gasteiger partial charge in [-0.25, -0.2) is 0 Å². The second kappa shape index (κ2) is 3.88. The van der Waals surface area contributed by atoms with E-state index in [-0.39, 0.29) is 0 Å². The van der Waals surface area contributed by atoms with Gasteiger partial charge in [-0.15, -0.1) is 0 Å². The molecular formula is C17H16O. The molecule has 0 N–H and O–H groups in total. The van der Waals surface area contributed by atoms with E-state index in [2.05, 4.69) is 30.3 Å². The number of hydrogen-bond acceptors (Lipinski definition) is 1. The molecule has 3 aromatic rings. The number of furan rings is 1. The van der Waals surface area contributed by atoms with Crippen molar-refractivity contribution in [1.29, 1.82) is 0 Å². The minimum atomic E-state index is 0.752. The highest BCUT2D eigenvalue weighted by atomic mass is 16.3. The molecule has 2 aromatic carbocycles. The second-order valence-corrected chi connectivity index (χ2v) is 5.34. The Morgan fingerprint density at radius 2 is 1.61 bits per heavy atom. The van der Waals surface area contributed by atoms with Crippen molar-refractivity contribution < 1.29 is 4.42 Å². The second-order valence-electron chi connectivity index (χ2n) is 5.34. The summed E-state index contributed by atoms with van der Waals surface area (Å²) in [6, 6.07) is 15.1. The van der Waals surface area contributed by atoms with Gasteiger partial charge in [0.25, 0.3) is 0 Å². The van der Waals surface area contributed by atoms with Gasteiger partial charge in [-0.1, -0.05) is 43.2 Å². The fraction of sp³-hybridized carbons (Fsp3) is 0.294. The predicted octanol–water partition coefficient (Wildman–Crippen LogP) is 5.24. The normalized spacial score (nSPS) is 16.9. The van der Waals surface area contributed by atoms with Crippen LogP contribution in [0.5, 0.6) is 0 Å². The Kier molecular flexibility index (Phi) is 2.19. The van der Waals surface area contributed by atoms with Crippen LogP contribution in [0.2, 0.25) is 0 Å². The van der Waals surface area contributed by atoms with E-state index in [0.29, 0.717) is 0 Å². The van der Waals surface area contributed by atoms with E-state index in [1.54, 1.807) is 0 Å². The molecule has 1 heteroatoms. The van der Waals surface area contributed by atoms with Crippen molar-refractivity contribution in [3.63, 3.8) is 0 Å². The Bertz CT molecular complexity index is 702. The van der Waals surface area contributed by atoms with Gasteiger partial charge in [0.1, 0.15) is 11.2 Å². The summed E-state index contributed by atoms with van der Waals surface area (Å²) >= 11 is 0. The molecule has 1 aliphatic carbocycles. The molecular weight excluding hydrogens is 220 g/mol. The summed E-state index contributed by atoms with van der Waals surface area (Å²) in [7, 11) is 0. The van der Waals surface area contributed by atoms with Crippen LogP contribution in [-0.4, -0.2) is 0 Å². The van der Waals surface area contributed by atoms with Crippen LogP contribution in [0, 0.1) is 0 Å². The summed E-state index contributed by atoms with van der Waals surface area (Å²) in [5.41, 5.74) is 3.50. The van der Waals surface area contributed by atoms with Crippen molar-refractivity contribution >= 4 is 21.9 Å². The van der Waals surface area contributed by atoms with Crippen molar-refractivity contribution in [1.82, 2.24) is 0 Å². The molecule has 1 fully saturated rings. The van der Waals surface area contributed by atoms with Crippen LogP contribution in [-0.2, 0) is 0 Å². The van der Waals surface area contributed by atoms with Gasteiger partial charge < -0.3 is 4.42 Å². The highest BCUT2D eigenvalue weighted by molar-refractivity contribution is 6.04. The summed E-state index contributed by atoms with van der Waals surface area (Å²) in [5, 5.41) is 2.47. The van der Waals surface area contributed by atoms with Crippen LogP contribution in [0.25, 0.3) is 21.9 Å². The smallest absolute Gasteiger partial charge is 0.135 e. The van der Waals surface area contributed by atoms with Crippen molar-refractivity contribution in [2.45, 2.75) is 31.6 Å². The van der Waals surface area contributed by atoms with Gasteiger partial charge in [0.15, 0.2) is 0 Å². The van der Waals surface area contributed by atoms with Gasteiger partial charge in [-0.2, -0.15) is 0 Å². The Hall–Kier alpha value is -1.76. The molecule has 1 nitrogen and oxygen atoms in total. The monoisotopic (exact) mass is 236 g/mol. The lowest BCUT2D eigenvalue weighted by molar-refractivity contribution is 0.664. The van der Waals surface area contributed by atoms with Gasteiger partial charge in [0, 0.05) is 10.8 Å². The van der Waals surface area contributed by atoms with E-state index in [4.69, 9.17) is 4.42 Å². The maximum Gasteiger partial charge on any atom is 0.135 e. The van der Waals surface area contributed by atoms with Gasteiger partial charge in [0.2, 0.25) is 0 Å². The summed E-state index contributed by atoms with van der Waals surface area (Å²) in [6.45, 7) is 0. The van der Waals surface area contributed by atoms with E-state index in [9.17, 15) is 0 Å². The summed E-state index contributed by atoms with van der Waals surface area (Å²) in [6.07, 6.45) is 5.43. The average Bonchev–Trinajstić information content (AvgIpc) is 3.05. The minimum absolute atomic E-state index is 0.752. The van der Waals surface area contributed by atoms with Crippen LogP contribution in [0.15, 0.2) is 46.9 Å². The first-order chi connectivity index (χ1) is 8.92. The van der Waals surface area contributed by atoms with Crippen LogP contribution in [0.4, 0.5) is 0 Å². The summed E-state index contributed by atoms with van der Waals surface area (Å²) < 4.78 is 5.95. The summed E-state index contributed by atoms with van der Waals surface area (Å²) in [4.78, 5) is 0. The molecule has 0 unspecified atom stereocenters. The van der Waals surface area contributed by atoms with E-state index in [1.807, 2.05) is 12.1 Å². The Morgan fingerprint density at radius 3 is 2.50 bits per heavy atom. The molecule has 1 aliphatic rings.